The number of benzene rings is 1. The molecule has 126 valence electrons. The summed E-state index contributed by atoms with van der Waals surface area (Å²) in [5.41, 5.74) is 2.20. The summed E-state index contributed by atoms with van der Waals surface area (Å²) in [6.07, 6.45) is 0.303. The maximum atomic E-state index is 12.1. The number of aryl methyl sites for hydroxylation is 1. The highest BCUT2D eigenvalue weighted by Crippen LogP contribution is 2.25. The number of pyridine rings is 1. The van der Waals surface area contributed by atoms with Crippen molar-refractivity contribution in [2.45, 2.75) is 17.6 Å². The second-order valence-corrected chi connectivity index (χ2v) is 9.13. The van der Waals surface area contributed by atoms with E-state index in [0.717, 1.165) is 27.8 Å². The lowest BCUT2D eigenvalue weighted by Gasteiger charge is -2.06. The molecule has 0 spiro atoms. The van der Waals surface area contributed by atoms with E-state index >= 15 is 0 Å². The van der Waals surface area contributed by atoms with Gasteiger partial charge in [0.25, 0.3) is 5.56 Å². The van der Waals surface area contributed by atoms with Gasteiger partial charge in [-0.2, -0.15) is 0 Å². The van der Waals surface area contributed by atoms with Crippen molar-refractivity contribution in [1.82, 2.24) is 9.71 Å². The fourth-order valence-electron chi connectivity index (χ4n) is 2.39. The van der Waals surface area contributed by atoms with Gasteiger partial charge in [-0.1, -0.05) is 23.2 Å². The van der Waals surface area contributed by atoms with Gasteiger partial charge in [-0.15, -0.1) is 11.3 Å². The van der Waals surface area contributed by atoms with Gasteiger partial charge < -0.3 is 4.98 Å². The number of fused-ring (bicyclic) bond motifs is 1. The van der Waals surface area contributed by atoms with E-state index in [4.69, 9.17) is 11.6 Å². The van der Waals surface area contributed by atoms with Gasteiger partial charge in [-0.25, -0.2) is 13.1 Å². The summed E-state index contributed by atoms with van der Waals surface area (Å²) >= 11 is 6.76. The van der Waals surface area contributed by atoms with Crippen molar-refractivity contribution < 1.29 is 8.42 Å². The molecule has 0 radical (unpaired) electrons. The molecular weight excluding hydrogens is 368 g/mol. The van der Waals surface area contributed by atoms with Crippen LogP contribution >= 0.6 is 22.9 Å². The van der Waals surface area contributed by atoms with E-state index < -0.39 is 10.0 Å². The van der Waals surface area contributed by atoms with Crippen LogP contribution in [0.3, 0.4) is 0 Å². The number of rotatable bonds is 5. The molecule has 0 aliphatic heterocycles. The zero-order valence-corrected chi connectivity index (χ0v) is 15.2. The number of H-pyrrole nitrogens is 1. The van der Waals surface area contributed by atoms with Crippen molar-refractivity contribution in [3.63, 3.8) is 0 Å². The summed E-state index contributed by atoms with van der Waals surface area (Å²) in [7, 11) is -3.60. The van der Waals surface area contributed by atoms with Crippen LogP contribution in [0.1, 0.15) is 11.1 Å². The molecule has 0 amide bonds. The minimum atomic E-state index is -3.60. The van der Waals surface area contributed by atoms with E-state index in [0.29, 0.717) is 16.3 Å². The van der Waals surface area contributed by atoms with Crippen molar-refractivity contribution >= 4 is 43.9 Å². The summed E-state index contributed by atoms with van der Waals surface area (Å²) < 4.78 is 27.3. The molecule has 0 bridgehead atoms. The van der Waals surface area contributed by atoms with E-state index in [-0.39, 0.29) is 16.3 Å². The topological polar surface area (TPSA) is 79.0 Å². The van der Waals surface area contributed by atoms with Crippen LogP contribution in [0.25, 0.3) is 10.9 Å². The van der Waals surface area contributed by atoms with Gasteiger partial charge in [-0.3, -0.25) is 4.79 Å². The van der Waals surface area contributed by atoms with Crippen molar-refractivity contribution in [2.24, 2.45) is 0 Å². The Hall–Kier alpha value is -1.67. The number of thiophene rings is 1. The molecule has 0 saturated heterocycles. The lowest BCUT2D eigenvalue weighted by atomic mass is 10.1. The highest BCUT2D eigenvalue weighted by molar-refractivity contribution is 7.91. The molecule has 1 aromatic carbocycles. The molecule has 5 nitrogen and oxygen atoms in total. The number of sulfonamides is 1. The van der Waals surface area contributed by atoms with Crippen LogP contribution < -0.4 is 10.3 Å². The third kappa shape index (κ3) is 3.70. The molecular formula is C16H15ClN2O3S2. The lowest BCUT2D eigenvalue weighted by Crippen LogP contribution is -2.27. The minimum Gasteiger partial charge on any atom is -0.322 e. The van der Waals surface area contributed by atoms with Crippen LogP contribution in [-0.2, 0) is 16.4 Å². The van der Waals surface area contributed by atoms with Crippen LogP contribution in [0.5, 0.6) is 0 Å². The first-order chi connectivity index (χ1) is 11.3. The van der Waals surface area contributed by atoms with Crippen LogP contribution in [0.4, 0.5) is 0 Å². The number of hydrogen-bond donors (Lipinski definition) is 2. The van der Waals surface area contributed by atoms with Crippen LogP contribution in [0.15, 0.2) is 45.4 Å². The van der Waals surface area contributed by atoms with Crippen molar-refractivity contribution in [2.75, 3.05) is 6.54 Å². The van der Waals surface area contributed by atoms with Crippen molar-refractivity contribution in [1.29, 1.82) is 0 Å². The Kier molecular flexibility index (Phi) is 4.78. The predicted octanol–water partition coefficient (Wildman–Crippen LogP) is 3.07. The quantitative estimate of drug-likeness (QED) is 0.711. The summed E-state index contributed by atoms with van der Waals surface area (Å²) in [5, 5.41) is 0.928. The highest BCUT2D eigenvalue weighted by atomic mass is 35.5. The molecule has 0 atom stereocenters. The summed E-state index contributed by atoms with van der Waals surface area (Å²) in [5.74, 6) is 0. The van der Waals surface area contributed by atoms with E-state index in [1.807, 2.05) is 25.1 Å². The zero-order chi connectivity index (χ0) is 17.3. The predicted molar refractivity (Wildman–Crippen MR) is 97.5 cm³/mol. The van der Waals surface area contributed by atoms with Gasteiger partial charge >= 0.3 is 0 Å². The summed E-state index contributed by atoms with van der Waals surface area (Å²) in [4.78, 5) is 14.9. The first-order valence-corrected chi connectivity index (χ1v) is 9.90. The standard InChI is InChI=1S/C16H15ClN2O3S2/c1-10-2-3-13-12(8-10)9-11(16(20)19-13)6-7-18-24(21,22)15-5-4-14(17)23-15/h2-5,8-9,18H,6-7H2,1H3,(H,19,20). The maximum absolute atomic E-state index is 12.1. The largest absolute Gasteiger partial charge is 0.322 e. The Morgan fingerprint density at radius 1 is 1.21 bits per heavy atom. The van der Waals surface area contributed by atoms with Crippen LogP contribution in [-0.4, -0.2) is 19.9 Å². The van der Waals surface area contributed by atoms with Crippen molar-refractivity contribution in [3.8, 4) is 0 Å². The molecule has 8 heteroatoms. The SMILES string of the molecule is Cc1ccc2[nH]c(=O)c(CCNS(=O)(=O)c3ccc(Cl)s3)cc2c1. The van der Waals surface area contributed by atoms with E-state index in [1.165, 1.54) is 12.1 Å². The average Bonchev–Trinajstić information content (AvgIpc) is 2.95. The average molecular weight is 383 g/mol. The smallest absolute Gasteiger partial charge is 0.251 e. The molecule has 3 rings (SSSR count). The molecule has 0 saturated carbocycles. The second kappa shape index (κ2) is 6.68. The molecule has 2 aromatic heterocycles. The third-order valence-corrected chi connectivity index (χ3v) is 6.76. The van der Waals surface area contributed by atoms with Gasteiger partial charge in [0.2, 0.25) is 10.0 Å². The van der Waals surface area contributed by atoms with Crippen LogP contribution in [0, 0.1) is 6.92 Å². The Bertz CT molecular complexity index is 1050. The molecule has 0 aliphatic rings. The first-order valence-electron chi connectivity index (χ1n) is 7.23. The van der Waals surface area contributed by atoms with Crippen molar-refractivity contribution in [3.05, 3.63) is 62.2 Å². The molecule has 0 aliphatic carbocycles. The number of hydrogen-bond acceptors (Lipinski definition) is 4. The van der Waals surface area contributed by atoms with Gasteiger partial charge in [0.15, 0.2) is 0 Å². The van der Waals surface area contributed by atoms with E-state index in [9.17, 15) is 13.2 Å². The lowest BCUT2D eigenvalue weighted by molar-refractivity contribution is 0.583. The number of aromatic amines is 1. The normalized spacial score (nSPS) is 11.9. The first kappa shape index (κ1) is 17.2. The molecule has 2 N–H and O–H groups in total. The van der Waals surface area contributed by atoms with Gasteiger partial charge in [0.1, 0.15) is 4.21 Å². The zero-order valence-electron chi connectivity index (χ0n) is 12.8. The monoisotopic (exact) mass is 382 g/mol. The van der Waals surface area contributed by atoms with E-state index in [2.05, 4.69) is 9.71 Å². The fraction of sp³-hybridized carbons (Fsp3) is 0.188. The number of halogens is 1. The van der Waals surface area contributed by atoms with Gasteiger partial charge in [0.05, 0.1) is 4.34 Å². The molecule has 2 heterocycles. The third-order valence-electron chi connectivity index (χ3n) is 3.58. The molecule has 3 aromatic rings. The number of nitrogens with one attached hydrogen (secondary N) is 2. The molecule has 0 fully saturated rings. The highest BCUT2D eigenvalue weighted by Gasteiger charge is 2.16. The fourth-order valence-corrected chi connectivity index (χ4v) is 4.95. The minimum absolute atomic E-state index is 0.137. The van der Waals surface area contributed by atoms with E-state index in [1.54, 1.807) is 6.07 Å². The second-order valence-electron chi connectivity index (χ2n) is 5.42. The number of aromatic nitrogens is 1. The van der Waals surface area contributed by atoms with Gasteiger partial charge in [0, 0.05) is 17.6 Å². The molecule has 0 unspecified atom stereocenters. The summed E-state index contributed by atoms with van der Waals surface area (Å²) in [6.45, 7) is 2.11. The Balaban J connectivity index is 1.76. The molecule has 24 heavy (non-hydrogen) atoms. The Morgan fingerprint density at radius 2 is 2.00 bits per heavy atom. The Morgan fingerprint density at radius 3 is 2.71 bits per heavy atom. The van der Waals surface area contributed by atoms with Crippen LogP contribution in [0.2, 0.25) is 4.34 Å². The van der Waals surface area contributed by atoms with Gasteiger partial charge in [-0.05, 0) is 49.1 Å². The Labute approximate surface area is 148 Å². The maximum Gasteiger partial charge on any atom is 0.251 e. The summed E-state index contributed by atoms with van der Waals surface area (Å²) in [6, 6.07) is 10.6.